The summed E-state index contributed by atoms with van der Waals surface area (Å²) < 4.78 is 0. The van der Waals surface area contributed by atoms with Crippen LogP contribution >= 0.6 is 11.3 Å². The van der Waals surface area contributed by atoms with Gasteiger partial charge in [-0.15, -0.1) is 0 Å². The summed E-state index contributed by atoms with van der Waals surface area (Å²) in [7, 11) is 4.29. The molecular weight excluding hydrogens is 420 g/mol. The standard InChI is InChI=1S/C24H26N6OS/c1-29(2)19-10-12-30(13-11-19)20-8-6-18(7-9-20)27-24-28-23(26)22(32-24)21(31)17-5-3-4-16(14-17)15-25/h3-9,14,19H,10-13,26H2,1-2H3,(H,27,28). The summed E-state index contributed by atoms with van der Waals surface area (Å²) >= 11 is 1.21. The Morgan fingerprint density at radius 1 is 1.22 bits per heavy atom. The number of hydrogen-bond acceptors (Lipinski definition) is 8. The zero-order valence-electron chi connectivity index (χ0n) is 18.2. The minimum absolute atomic E-state index is 0.185. The lowest BCUT2D eigenvalue weighted by atomic mass is 10.0. The van der Waals surface area contributed by atoms with E-state index in [1.54, 1.807) is 24.3 Å². The molecule has 0 bridgehead atoms. The van der Waals surface area contributed by atoms with Crippen molar-refractivity contribution in [2.75, 3.05) is 43.1 Å². The minimum atomic E-state index is -0.235. The number of ketones is 1. The number of nitriles is 1. The third-order valence-electron chi connectivity index (χ3n) is 5.79. The number of rotatable bonds is 6. The molecule has 0 saturated carbocycles. The second kappa shape index (κ2) is 9.39. The van der Waals surface area contributed by atoms with Gasteiger partial charge >= 0.3 is 0 Å². The molecule has 0 spiro atoms. The van der Waals surface area contributed by atoms with Gasteiger partial charge in [0.15, 0.2) is 5.13 Å². The predicted molar refractivity (Wildman–Crippen MR) is 130 cm³/mol. The summed E-state index contributed by atoms with van der Waals surface area (Å²) in [5.74, 6) is -0.0492. The number of nitrogens with zero attached hydrogens (tertiary/aromatic N) is 4. The molecule has 4 rings (SSSR count). The van der Waals surface area contributed by atoms with Gasteiger partial charge in [0.1, 0.15) is 10.7 Å². The quantitative estimate of drug-likeness (QED) is 0.550. The second-order valence-electron chi connectivity index (χ2n) is 8.11. The van der Waals surface area contributed by atoms with Gasteiger partial charge in [0, 0.05) is 36.1 Å². The van der Waals surface area contributed by atoms with Gasteiger partial charge in [-0.1, -0.05) is 23.5 Å². The normalized spacial score (nSPS) is 14.4. The van der Waals surface area contributed by atoms with Crippen LogP contribution in [0.3, 0.4) is 0 Å². The number of carbonyl (C=O) groups excluding carboxylic acids is 1. The molecule has 8 heteroatoms. The Hall–Kier alpha value is -3.41. The van der Waals surface area contributed by atoms with E-state index in [0.717, 1.165) is 18.8 Å². The highest BCUT2D eigenvalue weighted by atomic mass is 32.1. The lowest BCUT2D eigenvalue weighted by Gasteiger charge is -2.36. The van der Waals surface area contributed by atoms with Gasteiger partial charge in [0.25, 0.3) is 0 Å². The number of nitrogens with two attached hydrogens (primary N) is 1. The molecule has 0 amide bonds. The first-order chi connectivity index (χ1) is 15.4. The highest BCUT2D eigenvalue weighted by Gasteiger charge is 2.21. The van der Waals surface area contributed by atoms with E-state index in [4.69, 9.17) is 11.0 Å². The van der Waals surface area contributed by atoms with Crippen molar-refractivity contribution in [3.8, 4) is 6.07 Å². The van der Waals surface area contributed by atoms with Crippen molar-refractivity contribution in [1.29, 1.82) is 5.26 Å². The van der Waals surface area contributed by atoms with Crippen LogP contribution in [0.1, 0.15) is 33.6 Å². The lowest BCUT2D eigenvalue weighted by Crippen LogP contribution is -2.41. The zero-order valence-corrected chi connectivity index (χ0v) is 19.0. The third kappa shape index (κ3) is 4.74. The SMILES string of the molecule is CN(C)C1CCN(c2ccc(Nc3nc(N)c(C(=O)c4cccc(C#N)c4)s3)cc2)CC1. The van der Waals surface area contributed by atoms with Gasteiger partial charge in [0.05, 0.1) is 11.6 Å². The Balaban J connectivity index is 1.43. The van der Waals surface area contributed by atoms with Crippen LogP contribution in [0.25, 0.3) is 0 Å². The third-order valence-corrected chi connectivity index (χ3v) is 6.78. The van der Waals surface area contributed by atoms with Crippen LogP contribution in [-0.4, -0.2) is 48.9 Å². The van der Waals surface area contributed by atoms with Crippen LogP contribution < -0.4 is 16.0 Å². The van der Waals surface area contributed by atoms with Gasteiger partial charge in [0.2, 0.25) is 5.78 Å². The van der Waals surface area contributed by atoms with Crippen molar-refractivity contribution in [2.45, 2.75) is 18.9 Å². The average molecular weight is 447 g/mol. The molecule has 1 aromatic heterocycles. The van der Waals surface area contributed by atoms with E-state index in [0.29, 0.717) is 27.2 Å². The molecule has 2 aromatic carbocycles. The summed E-state index contributed by atoms with van der Waals surface area (Å²) in [5.41, 5.74) is 8.97. The molecule has 7 nitrogen and oxygen atoms in total. The topological polar surface area (TPSA) is 98.3 Å². The van der Waals surface area contributed by atoms with Gasteiger partial charge in [-0.3, -0.25) is 4.79 Å². The second-order valence-corrected chi connectivity index (χ2v) is 9.11. The minimum Gasteiger partial charge on any atom is -0.382 e. The number of thiazole rings is 1. The first-order valence-electron chi connectivity index (χ1n) is 10.5. The molecule has 32 heavy (non-hydrogen) atoms. The lowest BCUT2D eigenvalue weighted by molar-refractivity contribution is 0.104. The number of anilines is 4. The first kappa shape index (κ1) is 21.8. The van der Waals surface area contributed by atoms with Crippen LogP contribution in [0.5, 0.6) is 0 Å². The van der Waals surface area contributed by atoms with Crippen LogP contribution in [0.15, 0.2) is 48.5 Å². The van der Waals surface area contributed by atoms with E-state index in [9.17, 15) is 4.79 Å². The van der Waals surface area contributed by atoms with Crippen LogP contribution in [0, 0.1) is 11.3 Å². The summed E-state index contributed by atoms with van der Waals surface area (Å²) in [6, 6.07) is 17.5. The van der Waals surface area contributed by atoms with Gasteiger partial charge in [-0.25, -0.2) is 4.98 Å². The van der Waals surface area contributed by atoms with Gasteiger partial charge in [-0.2, -0.15) is 5.26 Å². The van der Waals surface area contributed by atoms with E-state index >= 15 is 0 Å². The molecule has 0 unspecified atom stereocenters. The number of benzene rings is 2. The van der Waals surface area contributed by atoms with Crippen molar-refractivity contribution in [1.82, 2.24) is 9.88 Å². The van der Waals surface area contributed by atoms with Crippen LogP contribution in [-0.2, 0) is 0 Å². The molecule has 0 aliphatic carbocycles. The van der Waals surface area contributed by atoms with Crippen LogP contribution in [0.2, 0.25) is 0 Å². The van der Waals surface area contributed by atoms with E-state index in [2.05, 4.69) is 46.3 Å². The number of piperidine rings is 1. The fourth-order valence-corrected chi connectivity index (χ4v) is 4.80. The molecule has 3 aromatic rings. The molecule has 3 N–H and O–H groups in total. The molecule has 0 radical (unpaired) electrons. The number of hydrogen-bond donors (Lipinski definition) is 2. The van der Waals surface area contributed by atoms with Crippen molar-refractivity contribution in [3.63, 3.8) is 0 Å². The molecule has 0 atom stereocenters. The Kier molecular flexibility index (Phi) is 6.40. The van der Waals surface area contributed by atoms with E-state index in [1.165, 1.54) is 29.9 Å². The monoisotopic (exact) mass is 446 g/mol. The summed E-state index contributed by atoms with van der Waals surface area (Å²) in [5, 5.41) is 12.9. The Bertz CT molecular complexity index is 1140. The fraction of sp³-hybridized carbons (Fsp3) is 0.292. The van der Waals surface area contributed by atoms with Crippen molar-refractivity contribution in [2.24, 2.45) is 0 Å². The maximum absolute atomic E-state index is 12.8. The number of nitrogens with one attached hydrogen (secondary N) is 1. The van der Waals surface area contributed by atoms with Crippen LogP contribution in [0.4, 0.5) is 22.3 Å². The molecule has 1 fully saturated rings. The molecule has 2 heterocycles. The highest BCUT2D eigenvalue weighted by Crippen LogP contribution is 2.31. The Morgan fingerprint density at radius 2 is 1.94 bits per heavy atom. The zero-order chi connectivity index (χ0) is 22.7. The smallest absolute Gasteiger partial charge is 0.206 e. The highest BCUT2D eigenvalue weighted by molar-refractivity contribution is 7.18. The van der Waals surface area contributed by atoms with E-state index < -0.39 is 0 Å². The number of carbonyl (C=O) groups is 1. The number of aromatic nitrogens is 1. The number of nitrogen functional groups attached to an aromatic ring is 1. The molecular formula is C24H26N6OS. The predicted octanol–water partition coefficient (Wildman–Crippen LogP) is 4.10. The Morgan fingerprint density at radius 3 is 2.59 bits per heavy atom. The van der Waals surface area contributed by atoms with E-state index in [1.807, 2.05) is 18.2 Å². The molecule has 1 saturated heterocycles. The average Bonchev–Trinajstić information content (AvgIpc) is 3.19. The molecule has 1 aliphatic rings. The van der Waals surface area contributed by atoms with Gasteiger partial charge < -0.3 is 20.9 Å². The maximum Gasteiger partial charge on any atom is 0.206 e. The maximum atomic E-state index is 12.8. The molecule has 1 aliphatic heterocycles. The van der Waals surface area contributed by atoms with Gasteiger partial charge in [-0.05, 0) is 63.3 Å². The summed E-state index contributed by atoms with van der Waals surface area (Å²) in [4.78, 5) is 22.2. The Labute approximate surface area is 192 Å². The largest absolute Gasteiger partial charge is 0.382 e. The summed E-state index contributed by atoms with van der Waals surface area (Å²) in [6.07, 6.45) is 2.33. The van der Waals surface area contributed by atoms with Crippen molar-refractivity contribution in [3.05, 3.63) is 64.5 Å². The summed E-state index contributed by atoms with van der Waals surface area (Å²) in [6.45, 7) is 2.11. The van der Waals surface area contributed by atoms with Crippen molar-refractivity contribution < 1.29 is 4.79 Å². The first-order valence-corrected chi connectivity index (χ1v) is 11.4. The van der Waals surface area contributed by atoms with E-state index in [-0.39, 0.29) is 11.6 Å². The fourth-order valence-electron chi connectivity index (χ4n) is 3.93. The molecule has 164 valence electrons. The van der Waals surface area contributed by atoms with Crippen molar-refractivity contribution >= 4 is 39.4 Å².